The van der Waals surface area contributed by atoms with Gasteiger partial charge < -0.3 is 47.8 Å². The zero-order valence-corrected chi connectivity index (χ0v) is 16.6. The van der Waals surface area contributed by atoms with Gasteiger partial charge in [-0.05, 0) is 13.3 Å². The molecule has 0 aromatic carbocycles. The molecule has 0 saturated carbocycles. The molecular formula is C16H27N5O10. The van der Waals surface area contributed by atoms with Gasteiger partial charge in [-0.2, -0.15) is 0 Å². The van der Waals surface area contributed by atoms with Crippen molar-refractivity contribution >= 4 is 35.6 Å². The van der Waals surface area contributed by atoms with Gasteiger partial charge in [0.1, 0.15) is 24.2 Å². The van der Waals surface area contributed by atoms with E-state index in [0.29, 0.717) is 0 Å². The van der Waals surface area contributed by atoms with Gasteiger partial charge in [-0.1, -0.05) is 0 Å². The molecule has 0 aliphatic carbocycles. The van der Waals surface area contributed by atoms with Gasteiger partial charge in [0, 0.05) is 6.42 Å². The van der Waals surface area contributed by atoms with E-state index in [0.717, 1.165) is 0 Å². The van der Waals surface area contributed by atoms with Crippen molar-refractivity contribution in [3.63, 3.8) is 0 Å². The number of hydrogen-bond donors (Lipinski definition) is 9. The maximum Gasteiger partial charge on any atom is 0.326 e. The average Bonchev–Trinajstić information content (AvgIpc) is 2.66. The number of carboxylic acids is 2. The highest BCUT2D eigenvalue weighted by atomic mass is 16.4. The van der Waals surface area contributed by atoms with Gasteiger partial charge in [0.05, 0.1) is 19.1 Å². The molecule has 11 N–H and O–H groups in total. The first-order valence-corrected chi connectivity index (χ1v) is 8.98. The highest BCUT2D eigenvalue weighted by Crippen LogP contribution is 2.02. The maximum atomic E-state index is 12.5. The van der Waals surface area contributed by atoms with Crippen LogP contribution in [0.1, 0.15) is 26.2 Å². The molecular weight excluding hydrogens is 422 g/mol. The number of carbonyl (C=O) groups is 6. The van der Waals surface area contributed by atoms with E-state index >= 15 is 0 Å². The van der Waals surface area contributed by atoms with Crippen molar-refractivity contribution in [3.05, 3.63) is 0 Å². The monoisotopic (exact) mass is 449 g/mol. The molecule has 0 rings (SSSR count). The van der Waals surface area contributed by atoms with Crippen LogP contribution in [0.3, 0.4) is 0 Å². The quantitative estimate of drug-likeness (QED) is 0.121. The minimum absolute atomic E-state index is 0.418. The van der Waals surface area contributed by atoms with E-state index in [1.807, 2.05) is 10.6 Å². The molecule has 0 aromatic rings. The predicted molar refractivity (Wildman–Crippen MR) is 101 cm³/mol. The van der Waals surface area contributed by atoms with Crippen molar-refractivity contribution in [1.82, 2.24) is 16.0 Å². The summed E-state index contributed by atoms with van der Waals surface area (Å²) in [6.45, 7) is 0.223. The molecule has 0 bridgehead atoms. The van der Waals surface area contributed by atoms with E-state index in [1.54, 1.807) is 0 Å². The summed E-state index contributed by atoms with van der Waals surface area (Å²) >= 11 is 0. The van der Waals surface area contributed by atoms with E-state index in [4.69, 9.17) is 21.7 Å². The number of aliphatic hydroxyl groups is 2. The molecule has 15 nitrogen and oxygen atoms in total. The van der Waals surface area contributed by atoms with Crippen LogP contribution in [0.25, 0.3) is 0 Å². The van der Waals surface area contributed by atoms with Crippen LogP contribution in [0, 0.1) is 0 Å². The maximum absolute atomic E-state index is 12.5. The summed E-state index contributed by atoms with van der Waals surface area (Å²) in [4.78, 5) is 69.4. The van der Waals surface area contributed by atoms with E-state index in [9.17, 15) is 39.0 Å². The lowest BCUT2D eigenvalue weighted by atomic mass is 10.1. The number of carboxylic acid groups (broad SMARTS) is 2. The summed E-state index contributed by atoms with van der Waals surface area (Å²) in [6, 6.07) is -6.35. The number of nitrogens with two attached hydrogens (primary N) is 2. The van der Waals surface area contributed by atoms with Crippen molar-refractivity contribution in [2.24, 2.45) is 11.5 Å². The summed E-state index contributed by atoms with van der Waals surface area (Å²) in [5.41, 5.74) is 10.4. The van der Waals surface area contributed by atoms with Gasteiger partial charge in [0.15, 0.2) is 0 Å². The molecule has 15 heteroatoms. The van der Waals surface area contributed by atoms with Crippen LogP contribution in [0.5, 0.6) is 0 Å². The van der Waals surface area contributed by atoms with Crippen LogP contribution < -0.4 is 27.4 Å². The number of aliphatic hydroxyl groups excluding tert-OH is 2. The Balaban J connectivity index is 5.32. The van der Waals surface area contributed by atoms with Crippen molar-refractivity contribution in [2.75, 3.05) is 6.61 Å². The molecule has 0 spiro atoms. The number of carbonyl (C=O) groups excluding carboxylic acids is 4. The van der Waals surface area contributed by atoms with E-state index in [2.05, 4.69) is 5.32 Å². The van der Waals surface area contributed by atoms with Gasteiger partial charge in [-0.15, -0.1) is 0 Å². The molecule has 0 saturated heterocycles. The number of hydrogen-bond acceptors (Lipinski definition) is 9. The number of primary amides is 1. The third-order valence-electron chi connectivity index (χ3n) is 3.94. The molecule has 5 atom stereocenters. The molecule has 0 radical (unpaired) electrons. The zero-order valence-electron chi connectivity index (χ0n) is 16.6. The fraction of sp³-hybridized carbons (Fsp3) is 0.625. The lowest BCUT2D eigenvalue weighted by molar-refractivity contribution is -0.144. The van der Waals surface area contributed by atoms with Crippen LogP contribution >= 0.6 is 0 Å². The Labute approximate surface area is 176 Å². The van der Waals surface area contributed by atoms with E-state index < -0.39 is 91.7 Å². The van der Waals surface area contributed by atoms with Gasteiger partial charge in [0.25, 0.3) is 0 Å². The van der Waals surface area contributed by atoms with Gasteiger partial charge in [0.2, 0.25) is 23.6 Å². The van der Waals surface area contributed by atoms with Crippen LogP contribution in [0.2, 0.25) is 0 Å². The third kappa shape index (κ3) is 10.3. The Morgan fingerprint density at radius 2 is 1.35 bits per heavy atom. The average molecular weight is 449 g/mol. The topological polar surface area (TPSA) is 271 Å². The molecule has 176 valence electrons. The van der Waals surface area contributed by atoms with E-state index in [1.165, 1.54) is 6.92 Å². The van der Waals surface area contributed by atoms with Crippen molar-refractivity contribution in [1.29, 1.82) is 0 Å². The minimum atomic E-state index is -1.72. The summed E-state index contributed by atoms with van der Waals surface area (Å²) in [6.07, 6.45) is -3.00. The second-order valence-electron chi connectivity index (χ2n) is 6.57. The Hall–Kier alpha value is -3.30. The van der Waals surface area contributed by atoms with Crippen LogP contribution in [-0.4, -0.2) is 92.9 Å². The number of nitrogens with one attached hydrogen (secondary N) is 3. The molecule has 0 aliphatic heterocycles. The lowest BCUT2D eigenvalue weighted by Gasteiger charge is -2.24. The third-order valence-corrected chi connectivity index (χ3v) is 3.94. The molecule has 0 heterocycles. The first-order chi connectivity index (χ1) is 14.3. The van der Waals surface area contributed by atoms with Crippen LogP contribution in [0.4, 0.5) is 0 Å². The predicted octanol–water partition coefficient (Wildman–Crippen LogP) is -5.03. The number of amides is 4. The number of aliphatic carboxylic acids is 2. The largest absolute Gasteiger partial charge is 0.481 e. The first-order valence-electron chi connectivity index (χ1n) is 8.98. The van der Waals surface area contributed by atoms with Crippen molar-refractivity contribution in [2.45, 2.75) is 56.5 Å². The normalized spacial score (nSPS) is 15.5. The Bertz CT molecular complexity index is 698. The fourth-order valence-corrected chi connectivity index (χ4v) is 2.16. The molecule has 0 aliphatic rings. The molecule has 5 unspecified atom stereocenters. The fourth-order valence-electron chi connectivity index (χ4n) is 2.16. The lowest BCUT2D eigenvalue weighted by Crippen LogP contribution is -2.59. The van der Waals surface area contributed by atoms with Crippen molar-refractivity contribution in [3.8, 4) is 0 Å². The summed E-state index contributed by atoms with van der Waals surface area (Å²) in [7, 11) is 0. The summed E-state index contributed by atoms with van der Waals surface area (Å²) < 4.78 is 0. The van der Waals surface area contributed by atoms with Gasteiger partial charge >= 0.3 is 11.9 Å². The molecule has 0 fully saturated rings. The second-order valence-corrected chi connectivity index (χ2v) is 6.57. The molecule has 4 amide bonds. The summed E-state index contributed by atoms with van der Waals surface area (Å²) in [5, 5.41) is 42.6. The Morgan fingerprint density at radius 3 is 1.77 bits per heavy atom. The number of rotatable bonds is 14. The van der Waals surface area contributed by atoms with E-state index in [-0.39, 0.29) is 0 Å². The van der Waals surface area contributed by atoms with Gasteiger partial charge in [-0.3, -0.25) is 24.0 Å². The van der Waals surface area contributed by atoms with Crippen LogP contribution in [0.15, 0.2) is 0 Å². The standard InChI is InChI=1S/C16H27N5O10/c1-6(23)12(18)15(29)19-7(2-3-11(25)26)13(27)21-9(5-22)14(28)20-8(16(30)31)4-10(17)24/h6-9,12,22-23H,2-5,18H2,1H3,(H2,17,24)(H,19,29)(H,20,28)(H,21,27)(H,25,26)(H,30,31). The van der Waals surface area contributed by atoms with Gasteiger partial charge in [-0.25, -0.2) is 4.79 Å². The SMILES string of the molecule is CC(O)C(N)C(=O)NC(CCC(=O)O)C(=O)NC(CO)C(=O)NC(CC(N)=O)C(=O)O. The first kappa shape index (κ1) is 27.7. The Morgan fingerprint density at radius 1 is 0.871 bits per heavy atom. The summed E-state index contributed by atoms with van der Waals surface area (Å²) in [5.74, 6) is -7.13. The van der Waals surface area contributed by atoms with Crippen LogP contribution in [-0.2, 0) is 28.8 Å². The highest BCUT2D eigenvalue weighted by Gasteiger charge is 2.31. The van der Waals surface area contributed by atoms with Crippen molar-refractivity contribution < 1.29 is 49.2 Å². The highest BCUT2D eigenvalue weighted by molar-refractivity contribution is 5.95. The smallest absolute Gasteiger partial charge is 0.326 e. The molecule has 31 heavy (non-hydrogen) atoms. The Kier molecular flexibility index (Phi) is 11.7. The minimum Gasteiger partial charge on any atom is -0.481 e. The zero-order chi connectivity index (χ0) is 24.3. The molecule has 0 aromatic heterocycles. The second kappa shape index (κ2) is 13.1.